The molecule has 9 N–H and O–H groups in total. The number of aromatic carboxylic acids is 1. The number of nitrogen functional groups attached to an aromatic ring is 3. The first-order chi connectivity index (χ1) is 20.4. The van der Waals surface area contributed by atoms with Crippen molar-refractivity contribution in [2.24, 2.45) is 0 Å². The van der Waals surface area contributed by atoms with Crippen LogP contribution in [0.5, 0.6) is 0 Å². The van der Waals surface area contributed by atoms with Crippen molar-refractivity contribution in [3.8, 4) is 0 Å². The van der Waals surface area contributed by atoms with Crippen LogP contribution >= 0.6 is 11.3 Å². The Kier molecular flexibility index (Phi) is 10.2. The normalized spacial score (nSPS) is 10.8. The number of benzene rings is 4. The van der Waals surface area contributed by atoms with Crippen molar-refractivity contribution in [3.63, 3.8) is 0 Å². The second kappa shape index (κ2) is 14.0. The largest absolute Gasteiger partial charge is 0.478 e. The van der Waals surface area contributed by atoms with E-state index >= 15 is 0 Å². The van der Waals surface area contributed by atoms with Gasteiger partial charge in [-0.2, -0.15) is 0 Å². The van der Waals surface area contributed by atoms with Crippen molar-refractivity contribution in [2.45, 2.75) is 0 Å². The van der Waals surface area contributed by atoms with Crippen LogP contribution in [0.25, 0.3) is 10.2 Å². The minimum atomic E-state index is -1.82. The fourth-order valence-corrected chi connectivity index (χ4v) is 4.49. The van der Waals surface area contributed by atoms with Gasteiger partial charge in [-0.15, -0.1) is 0 Å². The smallest absolute Gasteiger partial charge is 0.414 e. The Bertz CT molecular complexity index is 1810. The Labute approximate surface area is 247 Å². The molecule has 0 bridgehead atoms. The lowest BCUT2D eigenvalue weighted by Gasteiger charge is -2.18. The fourth-order valence-electron chi connectivity index (χ4n) is 3.75. The first kappa shape index (κ1) is 31.4. The van der Waals surface area contributed by atoms with Gasteiger partial charge in [-0.05, 0) is 30.3 Å². The van der Waals surface area contributed by atoms with Crippen LogP contribution in [0.4, 0.5) is 16.5 Å². The van der Waals surface area contributed by atoms with E-state index in [1.807, 2.05) is 24.3 Å². The van der Waals surface area contributed by atoms with Crippen LogP contribution < -0.4 is 17.2 Å². The van der Waals surface area contributed by atoms with E-state index < -0.39 is 17.9 Å². The number of fused-ring (bicyclic) bond motifs is 3. The number of para-hydroxylation sites is 2. The molecule has 0 unspecified atom stereocenters. The van der Waals surface area contributed by atoms with Crippen molar-refractivity contribution >= 4 is 67.5 Å². The van der Waals surface area contributed by atoms with Crippen molar-refractivity contribution in [1.29, 1.82) is 0 Å². The SMILES string of the molecule is Nc1cccc2c1C(=O)c1ccccc1C2=O.Nc1ccccc1C(=O)O.Nc1nc2ccccc2s1.O=C(O)C(=O)O. The lowest BCUT2D eigenvalue weighted by molar-refractivity contribution is -0.159. The molecule has 1 aliphatic carbocycles. The number of aromatic nitrogens is 1. The number of nitrogens with zero attached hydrogens (tertiary/aromatic N) is 1. The van der Waals surface area contributed by atoms with E-state index in [2.05, 4.69) is 4.98 Å². The zero-order chi connectivity index (χ0) is 31.7. The van der Waals surface area contributed by atoms with Gasteiger partial charge in [-0.3, -0.25) is 9.59 Å². The topological polar surface area (TPSA) is 237 Å². The van der Waals surface area contributed by atoms with Crippen LogP contribution in [0, 0.1) is 0 Å². The van der Waals surface area contributed by atoms with Crippen molar-refractivity contribution in [1.82, 2.24) is 4.98 Å². The van der Waals surface area contributed by atoms with Gasteiger partial charge in [-0.25, -0.2) is 19.4 Å². The van der Waals surface area contributed by atoms with E-state index in [0.29, 0.717) is 38.8 Å². The number of aliphatic carboxylic acids is 2. The molecule has 13 heteroatoms. The molecule has 0 atom stereocenters. The standard InChI is InChI=1S/C14H9NO2.C7H6N2S.C7H7NO2.C2H2O4/c15-11-7-3-6-10-12(11)14(17)9-5-2-1-4-8(9)13(10)16;8-7-9-5-3-1-2-4-6(5)10-7;8-6-4-2-1-3-5(6)7(9)10;3-1(4)2(5)6/h1-7H,15H2;1-4H,(H2,8,9);1-4H,8H2,(H,9,10);(H,3,4)(H,5,6). The fraction of sp³-hybridized carbons (Fsp3) is 0. The number of carboxylic acids is 3. The monoisotopic (exact) mass is 600 g/mol. The molecule has 5 aromatic rings. The number of ketones is 2. The highest BCUT2D eigenvalue weighted by atomic mass is 32.1. The van der Waals surface area contributed by atoms with Crippen LogP contribution in [0.15, 0.2) is 91.0 Å². The molecular formula is C30H24N4O8S. The van der Waals surface area contributed by atoms with Gasteiger partial charge < -0.3 is 32.5 Å². The quantitative estimate of drug-likeness (QED) is 0.116. The van der Waals surface area contributed by atoms with Gasteiger partial charge >= 0.3 is 17.9 Å². The van der Waals surface area contributed by atoms with E-state index in [9.17, 15) is 14.4 Å². The molecular weight excluding hydrogens is 576 g/mol. The molecule has 0 saturated carbocycles. The zero-order valence-electron chi connectivity index (χ0n) is 22.1. The molecule has 0 saturated heterocycles. The average Bonchev–Trinajstić information content (AvgIpc) is 3.37. The molecule has 6 rings (SSSR count). The zero-order valence-corrected chi connectivity index (χ0v) is 22.9. The third-order valence-corrected chi connectivity index (χ3v) is 6.53. The Balaban J connectivity index is 0.000000169. The minimum Gasteiger partial charge on any atom is -0.478 e. The van der Waals surface area contributed by atoms with Gasteiger partial charge in [0.05, 0.1) is 21.3 Å². The summed E-state index contributed by atoms with van der Waals surface area (Å²) < 4.78 is 1.15. The number of hydrogen-bond donors (Lipinski definition) is 6. The summed E-state index contributed by atoms with van der Waals surface area (Å²) in [6, 6.07) is 26.1. The number of thiazole rings is 1. The van der Waals surface area contributed by atoms with Crippen molar-refractivity contribution in [2.75, 3.05) is 17.2 Å². The molecule has 0 spiro atoms. The van der Waals surface area contributed by atoms with Gasteiger partial charge in [0.2, 0.25) is 0 Å². The lowest BCUT2D eigenvalue weighted by Crippen LogP contribution is -2.22. The summed E-state index contributed by atoms with van der Waals surface area (Å²) in [6.07, 6.45) is 0. The van der Waals surface area contributed by atoms with Gasteiger partial charge in [0, 0.05) is 28.1 Å². The summed E-state index contributed by atoms with van der Waals surface area (Å²) in [5.74, 6) is -4.95. The maximum absolute atomic E-state index is 12.2. The number of carbonyl (C=O) groups excluding carboxylic acids is 2. The van der Waals surface area contributed by atoms with Gasteiger partial charge in [-0.1, -0.05) is 72.0 Å². The van der Waals surface area contributed by atoms with Gasteiger partial charge in [0.25, 0.3) is 0 Å². The Hall–Kier alpha value is -6.08. The summed E-state index contributed by atoms with van der Waals surface area (Å²) in [4.78, 5) is 57.1. The van der Waals surface area contributed by atoms with E-state index in [-0.39, 0.29) is 17.1 Å². The highest BCUT2D eigenvalue weighted by Crippen LogP contribution is 2.30. The van der Waals surface area contributed by atoms with Crippen LogP contribution in [0.1, 0.15) is 42.2 Å². The maximum atomic E-state index is 12.2. The molecule has 43 heavy (non-hydrogen) atoms. The lowest BCUT2D eigenvalue weighted by atomic mass is 9.83. The molecule has 0 fully saturated rings. The Morgan fingerprint density at radius 3 is 1.67 bits per heavy atom. The first-order valence-electron chi connectivity index (χ1n) is 12.1. The van der Waals surface area contributed by atoms with E-state index in [4.69, 9.17) is 42.1 Å². The van der Waals surface area contributed by atoms with Crippen molar-refractivity contribution in [3.05, 3.63) is 119 Å². The summed E-state index contributed by atoms with van der Waals surface area (Å²) >= 11 is 1.52. The number of nitrogens with two attached hydrogens (primary N) is 3. The summed E-state index contributed by atoms with van der Waals surface area (Å²) in [6.45, 7) is 0. The number of carbonyl (C=O) groups is 5. The van der Waals surface area contributed by atoms with Gasteiger partial charge in [0.1, 0.15) is 0 Å². The number of carboxylic acid groups (broad SMARTS) is 3. The van der Waals surface area contributed by atoms with Gasteiger partial charge in [0.15, 0.2) is 16.7 Å². The summed E-state index contributed by atoms with van der Waals surface area (Å²) in [5, 5.41) is 23.9. The molecule has 1 aliphatic rings. The Morgan fingerprint density at radius 1 is 0.605 bits per heavy atom. The van der Waals surface area contributed by atoms with Crippen LogP contribution in [-0.2, 0) is 9.59 Å². The van der Waals surface area contributed by atoms with Crippen LogP contribution in [0.3, 0.4) is 0 Å². The predicted octanol–water partition coefficient (Wildman–Crippen LogP) is 4.05. The second-order valence-corrected chi connectivity index (χ2v) is 9.56. The molecule has 1 heterocycles. The molecule has 12 nitrogen and oxygen atoms in total. The molecule has 0 radical (unpaired) electrons. The molecule has 218 valence electrons. The Morgan fingerprint density at radius 2 is 1.12 bits per heavy atom. The predicted molar refractivity (Wildman–Crippen MR) is 161 cm³/mol. The molecule has 4 aromatic carbocycles. The summed E-state index contributed by atoms with van der Waals surface area (Å²) in [5.41, 5.74) is 20.0. The molecule has 1 aromatic heterocycles. The third kappa shape index (κ3) is 7.77. The van der Waals surface area contributed by atoms with E-state index in [1.54, 1.807) is 60.7 Å². The number of hydrogen-bond acceptors (Lipinski definition) is 10. The highest BCUT2D eigenvalue weighted by molar-refractivity contribution is 7.22. The second-order valence-electron chi connectivity index (χ2n) is 8.50. The summed E-state index contributed by atoms with van der Waals surface area (Å²) in [7, 11) is 0. The molecule has 0 aliphatic heterocycles. The maximum Gasteiger partial charge on any atom is 0.414 e. The third-order valence-electron chi connectivity index (χ3n) is 5.67. The van der Waals surface area contributed by atoms with E-state index in [0.717, 1.165) is 10.2 Å². The highest BCUT2D eigenvalue weighted by Gasteiger charge is 2.30. The first-order valence-corrected chi connectivity index (χ1v) is 13.0. The molecule has 0 amide bonds. The average molecular weight is 601 g/mol. The minimum absolute atomic E-state index is 0.137. The van der Waals surface area contributed by atoms with E-state index in [1.165, 1.54) is 17.4 Å². The van der Waals surface area contributed by atoms with Crippen LogP contribution in [0.2, 0.25) is 0 Å². The number of anilines is 3. The van der Waals surface area contributed by atoms with Crippen LogP contribution in [-0.4, -0.2) is 49.8 Å². The number of rotatable bonds is 1. The van der Waals surface area contributed by atoms with Crippen molar-refractivity contribution < 1.29 is 39.3 Å².